The van der Waals surface area contributed by atoms with Crippen molar-refractivity contribution in [1.29, 1.82) is 0 Å². The SMILES string of the molecule is CCCCCC1CC2CC1C1C3C=CC(C3)C21. The first-order chi connectivity index (χ1) is 8.38. The Bertz CT molecular complexity index is 329. The molecule has 94 valence electrons. The summed E-state index contributed by atoms with van der Waals surface area (Å²) < 4.78 is 0. The summed E-state index contributed by atoms with van der Waals surface area (Å²) in [5, 5.41) is 0. The molecule has 4 rings (SSSR count). The van der Waals surface area contributed by atoms with Crippen LogP contribution in [0, 0.1) is 41.4 Å². The predicted octanol–water partition coefficient (Wildman–Crippen LogP) is 4.66. The van der Waals surface area contributed by atoms with Gasteiger partial charge in [0.1, 0.15) is 0 Å². The Labute approximate surface area is 106 Å². The summed E-state index contributed by atoms with van der Waals surface area (Å²) in [5.41, 5.74) is 0. The average molecular weight is 230 g/mol. The van der Waals surface area contributed by atoms with Gasteiger partial charge in [0.15, 0.2) is 0 Å². The first-order valence-corrected chi connectivity index (χ1v) is 8.06. The van der Waals surface area contributed by atoms with Crippen LogP contribution in [0.25, 0.3) is 0 Å². The van der Waals surface area contributed by atoms with Crippen LogP contribution in [0.2, 0.25) is 0 Å². The Morgan fingerprint density at radius 2 is 1.76 bits per heavy atom. The summed E-state index contributed by atoms with van der Waals surface area (Å²) in [6.45, 7) is 2.33. The van der Waals surface area contributed by atoms with Crippen molar-refractivity contribution in [3.05, 3.63) is 12.2 Å². The third-order valence-corrected chi connectivity index (χ3v) is 6.59. The van der Waals surface area contributed by atoms with Crippen LogP contribution in [0.3, 0.4) is 0 Å². The van der Waals surface area contributed by atoms with E-state index in [0.29, 0.717) is 0 Å². The Morgan fingerprint density at radius 1 is 0.941 bits per heavy atom. The Balaban J connectivity index is 1.46. The summed E-state index contributed by atoms with van der Waals surface area (Å²) in [7, 11) is 0. The molecule has 4 bridgehead atoms. The summed E-state index contributed by atoms with van der Waals surface area (Å²) in [4.78, 5) is 0. The van der Waals surface area contributed by atoms with Gasteiger partial charge in [0.25, 0.3) is 0 Å². The van der Waals surface area contributed by atoms with Crippen LogP contribution in [0.4, 0.5) is 0 Å². The van der Waals surface area contributed by atoms with Crippen molar-refractivity contribution in [2.45, 2.75) is 51.9 Å². The van der Waals surface area contributed by atoms with Gasteiger partial charge in [-0.15, -0.1) is 0 Å². The second-order valence-electron chi connectivity index (χ2n) is 7.25. The quantitative estimate of drug-likeness (QED) is 0.374. The molecule has 7 atom stereocenters. The molecule has 0 aromatic carbocycles. The Morgan fingerprint density at radius 3 is 2.59 bits per heavy atom. The molecule has 0 spiro atoms. The minimum Gasteiger partial charge on any atom is -0.0848 e. The maximum absolute atomic E-state index is 2.58. The second kappa shape index (κ2) is 3.87. The van der Waals surface area contributed by atoms with Crippen LogP contribution in [0.1, 0.15) is 51.9 Å². The minimum absolute atomic E-state index is 1.01. The van der Waals surface area contributed by atoms with Gasteiger partial charge in [0, 0.05) is 0 Å². The number of hydrogen-bond donors (Lipinski definition) is 0. The van der Waals surface area contributed by atoms with Crippen molar-refractivity contribution in [3.63, 3.8) is 0 Å². The minimum atomic E-state index is 1.01. The number of hydrogen-bond acceptors (Lipinski definition) is 0. The normalized spacial score (nSPS) is 53.6. The molecule has 0 saturated heterocycles. The van der Waals surface area contributed by atoms with E-state index in [1.54, 1.807) is 19.3 Å². The van der Waals surface area contributed by atoms with E-state index in [0.717, 1.165) is 41.4 Å². The zero-order valence-corrected chi connectivity index (χ0v) is 11.1. The zero-order valence-electron chi connectivity index (χ0n) is 11.1. The predicted molar refractivity (Wildman–Crippen MR) is 71.6 cm³/mol. The third-order valence-electron chi connectivity index (χ3n) is 6.59. The highest BCUT2D eigenvalue weighted by atomic mass is 14.6. The molecular formula is C17H26. The summed E-state index contributed by atoms with van der Waals surface area (Å²) in [6, 6.07) is 0. The Kier molecular flexibility index (Phi) is 2.42. The smallest absolute Gasteiger partial charge is 0.0194 e. The lowest BCUT2D eigenvalue weighted by Gasteiger charge is -2.36. The van der Waals surface area contributed by atoms with Gasteiger partial charge >= 0.3 is 0 Å². The van der Waals surface area contributed by atoms with Gasteiger partial charge in [-0.25, -0.2) is 0 Å². The number of allylic oxidation sites excluding steroid dienone is 2. The van der Waals surface area contributed by atoms with Crippen LogP contribution in [-0.2, 0) is 0 Å². The topological polar surface area (TPSA) is 0 Å². The van der Waals surface area contributed by atoms with Gasteiger partial charge in [-0.1, -0.05) is 44.8 Å². The average Bonchev–Trinajstić information content (AvgIpc) is 3.07. The van der Waals surface area contributed by atoms with E-state index in [1.165, 1.54) is 25.7 Å². The number of unbranched alkanes of at least 4 members (excludes halogenated alkanes) is 2. The van der Waals surface area contributed by atoms with Gasteiger partial charge in [0.2, 0.25) is 0 Å². The molecule has 0 N–H and O–H groups in total. The van der Waals surface area contributed by atoms with Crippen LogP contribution in [0.5, 0.6) is 0 Å². The van der Waals surface area contributed by atoms with E-state index < -0.39 is 0 Å². The van der Waals surface area contributed by atoms with Gasteiger partial charge in [-0.05, 0) is 60.7 Å². The summed E-state index contributed by atoms with van der Waals surface area (Å²) >= 11 is 0. The molecule has 0 aliphatic heterocycles. The van der Waals surface area contributed by atoms with Crippen LogP contribution in [-0.4, -0.2) is 0 Å². The van der Waals surface area contributed by atoms with Gasteiger partial charge in [0.05, 0.1) is 0 Å². The van der Waals surface area contributed by atoms with Crippen molar-refractivity contribution in [2.24, 2.45) is 41.4 Å². The fraction of sp³-hybridized carbons (Fsp3) is 0.882. The lowest BCUT2D eigenvalue weighted by molar-refractivity contribution is 0.142. The maximum Gasteiger partial charge on any atom is -0.0194 e. The van der Waals surface area contributed by atoms with E-state index in [4.69, 9.17) is 0 Å². The lowest BCUT2D eigenvalue weighted by Crippen LogP contribution is -2.30. The van der Waals surface area contributed by atoms with Crippen LogP contribution >= 0.6 is 0 Å². The zero-order chi connectivity index (χ0) is 11.4. The number of fused-ring (bicyclic) bond motifs is 9. The second-order valence-corrected chi connectivity index (χ2v) is 7.25. The molecular weight excluding hydrogens is 204 g/mol. The third kappa shape index (κ3) is 1.42. The van der Waals surface area contributed by atoms with Crippen molar-refractivity contribution in [3.8, 4) is 0 Å². The van der Waals surface area contributed by atoms with Gasteiger partial charge in [-0.2, -0.15) is 0 Å². The largest absolute Gasteiger partial charge is 0.0848 e. The van der Waals surface area contributed by atoms with Crippen molar-refractivity contribution < 1.29 is 0 Å². The van der Waals surface area contributed by atoms with Gasteiger partial charge < -0.3 is 0 Å². The number of rotatable bonds is 4. The molecule has 0 radical (unpaired) electrons. The van der Waals surface area contributed by atoms with Crippen molar-refractivity contribution in [2.75, 3.05) is 0 Å². The molecule has 7 unspecified atom stereocenters. The van der Waals surface area contributed by atoms with Crippen molar-refractivity contribution in [1.82, 2.24) is 0 Å². The van der Waals surface area contributed by atoms with Crippen LogP contribution < -0.4 is 0 Å². The molecule has 0 aromatic rings. The van der Waals surface area contributed by atoms with E-state index in [2.05, 4.69) is 19.1 Å². The fourth-order valence-electron chi connectivity index (χ4n) is 6.14. The molecule has 4 aliphatic carbocycles. The molecule has 0 aromatic heterocycles. The first kappa shape index (κ1) is 10.6. The molecule has 3 fully saturated rings. The molecule has 4 aliphatic rings. The first-order valence-electron chi connectivity index (χ1n) is 8.06. The van der Waals surface area contributed by atoms with Crippen LogP contribution in [0.15, 0.2) is 12.2 Å². The summed E-state index contributed by atoms with van der Waals surface area (Å²) in [5.74, 6) is 7.69. The highest BCUT2D eigenvalue weighted by molar-refractivity contribution is 5.20. The van der Waals surface area contributed by atoms with E-state index in [9.17, 15) is 0 Å². The maximum atomic E-state index is 2.58. The standard InChI is InChI=1S/C17H26/c1-2-3-4-5-11-8-14-10-15(11)17-13-7-6-12(9-13)16(14)17/h6-7,11-17H,2-5,8-10H2,1H3. The van der Waals surface area contributed by atoms with Crippen molar-refractivity contribution >= 4 is 0 Å². The molecule has 0 nitrogen and oxygen atoms in total. The van der Waals surface area contributed by atoms with E-state index in [-0.39, 0.29) is 0 Å². The fourth-order valence-corrected chi connectivity index (χ4v) is 6.14. The highest BCUT2D eigenvalue weighted by Gasteiger charge is 2.60. The molecule has 0 heteroatoms. The van der Waals surface area contributed by atoms with Gasteiger partial charge in [-0.3, -0.25) is 0 Å². The summed E-state index contributed by atoms with van der Waals surface area (Å²) in [6.07, 6.45) is 15.8. The molecule has 0 heterocycles. The monoisotopic (exact) mass is 230 g/mol. The lowest BCUT2D eigenvalue weighted by atomic mass is 9.68. The van der Waals surface area contributed by atoms with E-state index in [1.807, 2.05) is 0 Å². The molecule has 0 amide bonds. The molecule has 3 saturated carbocycles. The Hall–Kier alpha value is -0.260. The van der Waals surface area contributed by atoms with E-state index >= 15 is 0 Å². The highest BCUT2D eigenvalue weighted by Crippen LogP contribution is 2.67. The molecule has 17 heavy (non-hydrogen) atoms.